The van der Waals surface area contributed by atoms with Gasteiger partial charge in [0.25, 0.3) is 0 Å². The molecule has 6 heteroatoms. The highest BCUT2D eigenvalue weighted by Gasteiger charge is 2.46. The van der Waals surface area contributed by atoms with Crippen LogP contribution in [0.2, 0.25) is 0 Å². The number of carbonyl (C=O) groups is 1. The number of nitrogens with one attached hydrogen (secondary N) is 1. The number of benzene rings is 1. The third kappa shape index (κ3) is 3.67. The van der Waals surface area contributed by atoms with Gasteiger partial charge in [0.2, 0.25) is 15.9 Å². The number of sulfonamides is 1. The van der Waals surface area contributed by atoms with Crippen molar-refractivity contribution in [3.63, 3.8) is 0 Å². The van der Waals surface area contributed by atoms with Crippen molar-refractivity contribution in [2.75, 3.05) is 25.9 Å². The molecule has 26 heavy (non-hydrogen) atoms. The molecule has 1 atom stereocenters. The Morgan fingerprint density at radius 2 is 1.96 bits per heavy atom. The average Bonchev–Trinajstić information content (AvgIpc) is 2.94. The van der Waals surface area contributed by atoms with Crippen LogP contribution >= 0.6 is 0 Å². The molecule has 1 saturated heterocycles. The molecule has 0 aromatic heterocycles. The van der Waals surface area contributed by atoms with Crippen LogP contribution in [-0.4, -0.2) is 44.5 Å². The van der Waals surface area contributed by atoms with Crippen LogP contribution in [0.25, 0.3) is 0 Å². The smallest absolute Gasteiger partial charge is 0.220 e. The summed E-state index contributed by atoms with van der Waals surface area (Å²) >= 11 is 0. The molecule has 2 aliphatic rings. The Morgan fingerprint density at radius 1 is 1.27 bits per heavy atom. The molecular formula is C20H30N2O3S. The average molecular weight is 379 g/mol. The predicted molar refractivity (Wildman–Crippen MR) is 104 cm³/mol. The van der Waals surface area contributed by atoms with E-state index >= 15 is 0 Å². The lowest BCUT2D eigenvalue weighted by atomic mass is 9.73. The third-order valence-corrected chi connectivity index (χ3v) is 8.11. The Balaban J connectivity index is 1.77. The van der Waals surface area contributed by atoms with Gasteiger partial charge >= 0.3 is 0 Å². The van der Waals surface area contributed by atoms with E-state index in [0.717, 1.165) is 32.1 Å². The molecule has 5 nitrogen and oxygen atoms in total. The van der Waals surface area contributed by atoms with Gasteiger partial charge in [0.15, 0.2) is 0 Å². The molecular weight excluding hydrogens is 348 g/mol. The van der Waals surface area contributed by atoms with Crippen molar-refractivity contribution in [2.45, 2.75) is 56.8 Å². The molecule has 0 saturated carbocycles. The second-order valence-corrected chi connectivity index (χ2v) is 9.80. The van der Waals surface area contributed by atoms with Crippen LogP contribution in [-0.2, 0) is 20.2 Å². The second-order valence-electron chi connectivity index (χ2n) is 7.71. The fraction of sp³-hybridized carbons (Fsp3) is 0.650. The minimum Gasteiger partial charge on any atom is -0.359 e. The summed E-state index contributed by atoms with van der Waals surface area (Å²) in [6, 6.07) is 8.43. The number of hydrogen-bond donors (Lipinski definition) is 1. The van der Waals surface area contributed by atoms with Gasteiger partial charge < -0.3 is 5.32 Å². The van der Waals surface area contributed by atoms with Gasteiger partial charge in [0.1, 0.15) is 0 Å². The molecule has 0 radical (unpaired) electrons. The maximum absolute atomic E-state index is 12.5. The molecule has 1 aromatic rings. The molecule has 1 N–H and O–H groups in total. The monoisotopic (exact) mass is 378 g/mol. The number of unbranched alkanes of at least 4 members (excludes halogenated alkanes) is 1. The number of nitrogens with zero attached hydrogens (tertiary/aromatic N) is 1. The predicted octanol–water partition coefficient (Wildman–Crippen LogP) is 2.77. The second kappa shape index (κ2) is 7.69. The maximum Gasteiger partial charge on any atom is 0.220 e. The fourth-order valence-electron chi connectivity index (χ4n) is 4.66. The first-order valence-electron chi connectivity index (χ1n) is 9.70. The van der Waals surface area contributed by atoms with Crippen molar-refractivity contribution in [3.8, 4) is 0 Å². The van der Waals surface area contributed by atoms with Crippen molar-refractivity contribution >= 4 is 15.9 Å². The molecule has 1 fully saturated rings. The zero-order valence-corrected chi connectivity index (χ0v) is 16.6. The van der Waals surface area contributed by atoms with E-state index in [2.05, 4.69) is 23.5 Å². The quantitative estimate of drug-likeness (QED) is 0.828. The van der Waals surface area contributed by atoms with Crippen molar-refractivity contribution in [2.24, 2.45) is 0 Å². The highest BCUT2D eigenvalue weighted by atomic mass is 32.2. The first-order valence-corrected chi connectivity index (χ1v) is 11.3. The first kappa shape index (κ1) is 19.4. The molecule has 1 spiro atoms. The molecule has 1 unspecified atom stereocenters. The van der Waals surface area contributed by atoms with Crippen LogP contribution in [0, 0.1) is 0 Å². The molecule has 3 rings (SSSR count). The summed E-state index contributed by atoms with van der Waals surface area (Å²) in [4.78, 5) is 11.9. The Bertz CT molecular complexity index is 752. The van der Waals surface area contributed by atoms with Crippen LogP contribution in [0.1, 0.15) is 62.5 Å². The van der Waals surface area contributed by atoms with E-state index in [1.807, 2.05) is 13.0 Å². The molecule has 144 valence electrons. The maximum atomic E-state index is 12.5. The third-order valence-electron chi connectivity index (χ3n) is 6.15. The van der Waals surface area contributed by atoms with Crippen molar-refractivity contribution < 1.29 is 13.2 Å². The van der Waals surface area contributed by atoms with E-state index in [-0.39, 0.29) is 23.0 Å². The van der Waals surface area contributed by atoms with E-state index in [1.54, 1.807) is 11.4 Å². The van der Waals surface area contributed by atoms with E-state index in [1.165, 1.54) is 11.1 Å². The number of hydrogen-bond acceptors (Lipinski definition) is 3. The first-order chi connectivity index (χ1) is 12.4. The highest BCUT2D eigenvalue weighted by Crippen LogP contribution is 2.52. The van der Waals surface area contributed by atoms with Crippen LogP contribution in [0.15, 0.2) is 24.3 Å². The largest absolute Gasteiger partial charge is 0.359 e. The van der Waals surface area contributed by atoms with Gasteiger partial charge in [-0.15, -0.1) is 0 Å². The SMILES string of the molecule is CCCCS(=O)(=O)N1CCC2(CC1)CC(CC(=O)NC)c1ccccc12. The van der Waals surface area contributed by atoms with Crippen LogP contribution < -0.4 is 5.32 Å². The molecule has 1 aromatic carbocycles. The van der Waals surface area contributed by atoms with Crippen LogP contribution in [0.5, 0.6) is 0 Å². The zero-order chi connectivity index (χ0) is 18.8. The number of carbonyl (C=O) groups excluding carboxylic acids is 1. The minimum absolute atomic E-state index is 0.0199. The minimum atomic E-state index is -3.14. The molecule has 0 bridgehead atoms. The summed E-state index contributed by atoms with van der Waals surface area (Å²) in [5.41, 5.74) is 2.63. The number of fused-ring (bicyclic) bond motifs is 2. The zero-order valence-electron chi connectivity index (χ0n) is 15.8. The van der Waals surface area contributed by atoms with Gasteiger partial charge in [-0.25, -0.2) is 12.7 Å². The summed E-state index contributed by atoms with van der Waals surface area (Å²) in [5.74, 6) is 0.558. The summed E-state index contributed by atoms with van der Waals surface area (Å²) < 4.78 is 26.7. The number of amides is 1. The van der Waals surface area contributed by atoms with Gasteiger partial charge in [0, 0.05) is 26.6 Å². The molecule has 1 aliphatic heterocycles. The lowest BCUT2D eigenvalue weighted by Gasteiger charge is -2.39. The Labute approximate surface area is 157 Å². The number of piperidine rings is 1. The van der Waals surface area contributed by atoms with Gasteiger partial charge in [-0.2, -0.15) is 0 Å². The Morgan fingerprint density at radius 3 is 2.62 bits per heavy atom. The van der Waals surface area contributed by atoms with Gasteiger partial charge in [0.05, 0.1) is 5.75 Å². The normalized spacial score (nSPS) is 22.3. The molecule has 1 amide bonds. The standard InChI is InChI=1S/C20H30N2O3S/c1-3-4-13-26(24,25)22-11-9-20(10-12-22)15-16(14-19(23)21-2)17-7-5-6-8-18(17)20/h5-8,16H,3-4,9-15H2,1-2H3,(H,21,23). The van der Waals surface area contributed by atoms with Crippen LogP contribution in [0.4, 0.5) is 0 Å². The van der Waals surface area contributed by atoms with E-state index in [9.17, 15) is 13.2 Å². The molecule has 1 aliphatic carbocycles. The van der Waals surface area contributed by atoms with E-state index < -0.39 is 10.0 Å². The summed E-state index contributed by atoms with van der Waals surface area (Å²) in [6.45, 7) is 3.20. The van der Waals surface area contributed by atoms with E-state index in [4.69, 9.17) is 0 Å². The van der Waals surface area contributed by atoms with Crippen molar-refractivity contribution in [3.05, 3.63) is 35.4 Å². The fourth-order valence-corrected chi connectivity index (χ4v) is 6.31. The summed E-state index contributed by atoms with van der Waals surface area (Å²) in [7, 11) is -1.46. The van der Waals surface area contributed by atoms with Crippen LogP contribution in [0.3, 0.4) is 0 Å². The Kier molecular flexibility index (Phi) is 5.72. The summed E-state index contributed by atoms with van der Waals surface area (Å²) in [5, 5.41) is 2.73. The molecule has 1 heterocycles. The lowest BCUT2D eigenvalue weighted by Crippen LogP contribution is -2.45. The van der Waals surface area contributed by atoms with Gasteiger partial charge in [-0.1, -0.05) is 37.6 Å². The topological polar surface area (TPSA) is 66.5 Å². The Hall–Kier alpha value is -1.40. The van der Waals surface area contributed by atoms with Gasteiger partial charge in [-0.3, -0.25) is 4.79 Å². The van der Waals surface area contributed by atoms with E-state index in [0.29, 0.717) is 19.5 Å². The lowest BCUT2D eigenvalue weighted by molar-refractivity contribution is -0.121. The van der Waals surface area contributed by atoms with Crippen molar-refractivity contribution in [1.82, 2.24) is 9.62 Å². The highest BCUT2D eigenvalue weighted by molar-refractivity contribution is 7.89. The van der Waals surface area contributed by atoms with Gasteiger partial charge in [-0.05, 0) is 48.1 Å². The summed E-state index contributed by atoms with van der Waals surface area (Å²) in [6.07, 6.45) is 4.77. The number of rotatable bonds is 6. The van der Waals surface area contributed by atoms with Crippen molar-refractivity contribution in [1.29, 1.82) is 0 Å².